The number of anilines is 1. The first-order chi connectivity index (χ1) is 8.54. The van der Waals surface area contributed by atoms with E-state index in [4.69, 9.17) is 23.2 Å². The summed E-state index contributed by atoms with van der Waals surface area (Å²) in [5.74, 6) is -0.340. The van der Waals surface area contributed by atoms with Gasteiger partial charge in [0.2, 0.25) is 0 Å². The Bertz CT molecular complexity index is 555. The fraction of sp³-hybridized carbons (Fsp3) is 0.0769. The highest BCUT2D eigenvalue weighted by Gasteiger charge is 2.02. The van der Waals surface area contributed by atoms with E-state index in [0.29, 0.717) is 16.6 Å². The molecule has 0 unspecified atom stereocenters. The predicted octanol–water partition coefficient (Wildman–Crippen LogP) is 5.35. The SMILES string of the molecule is Fc1cc(Cl)cc(CNc2ccc(I)cc2Cl)c1. The van der Waals surface area contributed by atoms with Crippen molar-refractivity contribution >= 4 is 51.5 Å². The molecule has 2 aromatic rings. The predicted molar refractivity (Wildman–Crippen MR) is 82.9 cm³/mol. The molecule has 94 valence electrons. The van der Waals surface area contributed by atoms with E-state index in [1.807, 2.05) is 18.2 Å². The van der Waals surface area contributed by atoms with E-state index in [1.54, 1.807) is 6.07 Å². The van der Waals surface area contributed by atoms with Crippen LogP contribution in [0.4, 0.5) is 10.1 Å². The molecular weight excluding hydrogens is 387 g/mol. The van der Waals surface area contributed by atoms with Crippen LogP contribution in [0.25, 0.3) is 0 Å². The van der Waals surface area contributed by atoms with Crippen LogP contribution in [-0.4, -0.2) is 0 Å². The zero-order chi connectivity index (χ0) is 13.1. The van der Waals surface area contributed by atoms with Crippen LogP contribution in [0.5, 0.6) is 0 Å². The lowest BCUT2D eigenvalue weighted by atomic mass is 10.2. The first-order valence-corrected chi connectivity index (χ1v) is 7.02. The minimum Gasteiger partial charge on any atom is -0.380 e. The fourth-order valence-electron chi connectivity index (χ4n) is 1.54. The number of rotatable bonds is 3. The number of hydrogen-bond donors (Lipinski definition) is 1. The van der Waals surface area contributed by atoms with Crippen molar-refractivity contribution in [2.45, 2.75) is 6.54 Å². The summed E-state index contributed by atoms with van der Waals surface area (Å²) in [6.07, 6.45) is 0. The second-order valence-electron chi connectivity index (χ2n) is 3.76. The van der Waals surface area contributed by atoms with E-state index >= 15 is 0 Å². The van der Waals surface area contributed by atoms with Crippen LogP contribution in [0.15, 0.2) is 36.4 Å². The third-order valence-corrected chi connectivity index (χ3v) is 3.54. The van der Waals surface area contributed by atoms with Gasteiger partial charge in [-0.15, -0.1) is 0 Å². The number of hydrogen-bond acceptors (Lipinski definition) is 1. The molecule has 0 aliphatic carbocycles. The van der Waals surface area contributed by atoms with Crippen LogP contribution in [0.3, 0.4) is 0 Å². The van der Waals surface area contributed by atoms with Crippen LogP contribution in [0.2, 0.25) is 10.0 Å². The smallest absolute Gasteiger partial charge is 0.125 e. The van der Waals surface area contributed by atoms with E-state index < -0.39 is 0 Å². The van der Waals surface area contributed by atoms with Crippen LogP contribution in [0, 0.1) is 9.39 Å². The van der Waals surface area contributed by atoms with Crippen molar-refractivity contribution in [3.63, 3.8) is 0 Å². The Balaban J connectivity index is 2.11. The molecule has 0 saturated heterocycles. The minimum atomic E-state index is -0.340. The van der Waals surface area contributed by atoms with E-state index in [2.05, 4.69) is 27.9 Å². The van der Waals surface area contributed by atoms with Crippen molar-refractivity contribution in [3.05, 3.63) is 61.4 Å². The molecule has 1 nitrogen and oxygen atoms in total. The first-order valence-electron chi connectivity index (χ1n) is 5.18. The van der Waals surface area contributed by atoms with Gasteiger partial charge in [0.25, 0.3) is 0 Å². The van der Waals surface area contributed by atoms with Gasteiger partial charge in [0.1, 0.15) is 5.82 Å². The molecule has 0 aromatic heterocycles. The molecule has 0 atom stereocenters. The van der Waals surface area contributed by atoms with E-state index in [1.165, 1.54) is 12.1 Å². The third kappa shape index (κ3) is 3.73. The van der Waals surface area contributed by atoms with Gasteiger partial charge in [-0.1, -0.05) is 23.2 Å². The molecule has 0 aliphatic rings. The summed E-state index contributed by atoms with van der Waals surface area (Å²) >= 11 is 14.1. The number of nitrogens with one attached hydrogen (secondary N) is 1. The molecule has 0 fully saturated rings. The number of halogens is 4. The molecule has 18 heavy (non-hydrogen) atoms. The van der Waals surface area contributed by atoms with Crippen molar-refractivity contribution in [2.24, 2.45) is 0 Å². The standard InChI is InChI=1S/C13H9Cl2FIN/c14-9-3-8(4-10(16)5-9)7-18-13-2-1-11(17)6-12(13)15/h1-6,18H,7H2. The minimum absolute atomic E-state index is 0.340. The van der Waals surface area contributed by atoms with Gasteiger partial charge in [-0.2, -0.15) is 0 Å². The van der Waals surface area contributed by atoms with E-state index in [0.717, 1.165) is 14.8 Å². The maximum Gasteiger partial charge on any atom is 0.125 e. The molecule has 0 spiro atoms. The summed E-state index contributed by atoms with van der Waals surface area (Å²) in [7, 11) is 0. The second-order valence-corrected chi connectivity index (χ2v) is 5.84. The van der Waals surface area contributed by atoms with Crippen LogP contribution in [-0.2, 0) is 6.54 Å². The lowest BCUT2D eigenvalue weighted by molar-refractivity contribution is 0.626. The molecule has 0 radical (unpaired) electrons. The highest BCUT2D eigenvalue weighted by molar-refractivity contribution is 14.1. The topological polar surface area (TPSA) is 12.0 Å². The lowest BCUT2D eigenvalue weighted by Crippen LogP contribution is -2.00. The Labute approximate surface area is 128 Å². The molecule has 5 heteroatoms. The third-order valence-electron chi connectivity index (χ3n) is 2.34. The fourth-order valence-corrected chi connectivity index (χ4v) is 2.71. The summed E-state index contributed by atoms with van der Waals surface area (Å²) in [6, 6.07) is 10.2. The quantitative estimate of drug-likeness (QED) is 0.690. The van der Waals surface area contributed by atoms with E-state index in [9.17, 15) is 4.39 Å². The van der Waals surface area contributed by atoms with Crippen molar-refractivity contribution in [3.8, 4) is 0 Å². The maximum absolute atomic E-state index is 13.1. The van der Waals surface area contributed by atoms with E-state index in [-0.39, 0.29) is 5.82 Å². The summed E-state index contributed by atoms with van der Waals surface area (Å²) in [5, 5.41) is 4.18. The molecule has 2 rings (SSSR count). The molecular formula is C13H9Cl2FIN. The number of benzene rings is 2. The largest absolute Gasteiger partial charge is 0.380 e. The van der Waals surface area contributed by atoms with Gasteiger partial charge < -0.3 is 5.32 Å². The first kappa shape index (κ1) is 13.9. The van der Waals surface area contributed by atoms with Crippen LogP contribution < -0.4 is 5.32 Å². The van der Waals surface area contributed by atoms with Crippen molar-refractivity contribution in [1.29, 1.82) is 0 Å². The zero-order valence-corrected chi connectivity index (χ0v) is 12.9. The Morgan fingerprint density at radius 2 is 1.89 bits per heavy atom. The highest BCUT2D eigenvalue weighted by Crippen LogP contribution is 2.24. The molecule has 0 amide bonds. The van der Waals surface area contributed by atoms with Gasteiger partial charge in [0, 0.05) is 15.1 Å². The molecule has 0 heterocycles. The van der Waals surface area contributed by atoms with Crippen molar-refractivity contribution in [2.75, 3.05) is 5.32 Å². The van der Waals surface area contributed by atoms with Crippen LogP contribution in [0.1, 0.15) is 5.56 Å². The van der Waals surface area contributed by atoms with Crippen molar-refractivity contribution in [1.82, 2.24) is 0 Å². The molecule has 2 aromatic carbocycles. The Morgan fingerprint density at radius 3 is 2.56 bits per heavy atom. The average Bonchev–Trinajstić information content (AvgIpc) is 2.26. The van der Waals surface area contributed by atoms with Gasteiger partial charge in [-0.05, 0) is 64.6 Å². The van der Waals surface area contributed by atoms with Crippen LogP contribution >= 0.6 is 45.8 Å². The normalized spacial score (nSPS) is 10.4. The maximum atomic E-state index is 13.1. The highest BCUT2D eigenvalue weighted by atomic mass is 127. The molecule has 0 bridgehead atoms. The summed E-state index contributed by atoms with van der Waals surface area (Å²) in [5.41, 5.74) is 1.59. The van der Waals surface area contributed by atoms with Gasteiger partial charge in [0.15, 0.2) is 0 Å². The van der Waals surface area contributed by atoms with Gasteiger partial charge >= 0.3 is 0 Å². The van der Waals surface area contributed by atoms with Gasteiger partial charge in [-0.3, -0.25) is 0 Å². The van der Waals surface area contributed by atoms with Gasteiger partial charge in [-0.25, -0.2) is 4.39 Å². The molecule has 1 N–H and O–H groups in total. The summed E-state index contributed by atoms with van der Waals surface area (Å²) in [6.45, 7) is 0.470. The molecule has 0 saturated carbocycles. The second kappa shape index (κ2) is 6.08. The average molecular weight is 396 g/mol. The Morgan fingerprint density at radius 1 is 1.11 bits per heavy atom. The van der Waals surface area contributed by atoms with Gasteiger partial charge in [0.05, 0.1) is 10.7 Å². The molecule has 0 aliphatic heterocycles. The monoisotopic (exact) mass is 395 g/mol. The Hall–Kier alpha value is -0.520. The lowest BCUT2D eigenvalue weighted by Gasteiger charge is -2.09. The Kier molecular flexibility index (Phi) is 4.70. The van der Waals surface area contributed by atoms with Crippen molar-refractivity contribution < 1.29 is 4.39 Å². The zero-order valence-electron chi connectivity index (χ0n) is 9.18. The summed E-state index contributed by atoms with van der Waals surface area (Å²) in [4.78, 5) is 0. The summed E-state index contributed by atoms with van der Waals surface area (Å²) < 4.78 is 14.2.